The lowest BCUT2D eigenvalue weighted by atomic mass is 9.89. The fraction of sp³-hybridized carbons (Fsp3) is 0.444. The van der Waals surface area contributed by atoms with Crippen LogP contribution in [0.4, 0.5) is 0 Å². The lowest BCUT2D eigenvalue weighted by Crippen LogP contribution is -2.43. The summed E-state index contributed by atoms with van der Waals surface area (Å²) in [5, 5.41) is 6.41. The van der Waals surface area contributed by atoms with Gasteiger partial charge in [0.2, 0.25) is 0 Å². The topological polar surface area (TPSA) is 12.0 Å². The van der Waals surface area contributed by atoms with E-state index in [0.29, 0.717) is 5.54 Å². The standard InChI is InChI=1S/C18H25N/c1-4-18(5-2,6-3)19-14-15-11-12-16-9-7-8-10-17(16)13-15/h7-13,19H,4-6,14H2,1-3H3. The average molecular weight is 255 g/mol. The molecule has 0 atom stereocenters. The first kappa shape index (κ1) is 14.1. The second-order valence-electron chi connectivity index (χ2n) is 5.38. The predicted molar refractivity (Wildman–Crippen MR) is 84.4 cm³/mol. The van der Waals surface area contributed by atoms with Crippen molar-refractivity contribution in [2.45, 2.75) is 52.1 Å². The largest absolute Gasteiger partial charge is 0.307 e. The summed E-state index contributed by atoms with van der Waals surface area (Å²) >= 11 is 0. The van der Waals surface area contributed by atoms with Crippen LogP contribution in [0.1, 0.15) is 45.6 Å². The predicted octanol–water partition coefficient (Wildman–Crippen LogP) is 4.90. The van der Waals surface area contributed by atoms with Crippen molar-refractivity contribution in [3.05, 3.63) is 48.0 Å². The molecule has 0 bridgehead atoms. The van der Waals surface area contributed by atoms with Crippen LogP contribution >= 0.6 is 0 Å². The van der Waals surface area contributed by atoms with Crippen LogP contribution < -0.4 is 5.32 Å². The maximum absolute atomic E-state index is 3.76. The van der Waals surface area contributed by atoms with Crippen LogP contribution in [0.15, 0.2) is 42.5 Å². The van der Waals surface area contributed by atoms with Crippen molar-refractivity contribution in [2.24, 2.45) is 0 Å². The molecule has 0 radical (unpaired) electrons. The van der Waals surface area contributed by atoms with Gasteiger partial charge in [-0.15, -0.1) is 0 Å². The van der Waals surface area contributed by atoms with E-state index in [-0.39, 0.29) is 0 Å². The summed E-state index contributed by atoms with van der Waals surface area (Å²) in [6.07, 6.45) is 3.56. The van der Waals surface area contributed by atoms with Crippen LogP contribution in [0.2, 0.25) is 0 Å². The molecule has 0 spiro atoms. The van der Waals surface area contributed by atoms with E-state index < -0.39 is 0 Å². The van der Waals surface area contributed by atoms with Gasteiger partial charge in [0.15, 0.2) is 0 Å². The van der Waals surface area contributed by atoms with Crippen LogP contribution in [-0.2, 0) is 6.54 Å². The number of hydrogen-bond acceptors (Lipinski definition) is 1. The Bertz CT molecular complexity index is 518. The van der Waals surface area contributed by atoms with Gasteiger partial charge in [0.05, 0.1) is 0 Å². The highest BCUT2D eigenvalue weighted by Gasteiger charge is 2.22. The molecule has 0 aliphatic rings. The molecule has 2 aromatic rings. The Balaban J connectivity index is 2.13. The van der Waals surface area contributed by atoms with Gasteiger partial charge in [0.25, 0.3) is 0 Å². The van der Waals surface area contributed by atoms with Gasteiger partial charge in [-0.05, 0) is 41.7 Å². The SMILES string of the molecule is CCC(CC)(CC)NCc1ccc2ccccc2c1. The van der Waals surface area contributed by atoms with Gasteiger partial charge in [0.1, 0.15) is 0 Å². The Morgan fingerprint density at radius 1 is 0.842 bits per heavy atom. The van der Waals surface area contributed by atoms with Crippen molar-refractivity contribution in [3.63, 3.8) is 0 Å². The van der Waals surface area contributed by atoms with Crippen molar-refractivity contribution < 1.29 is 0 Å². The van der Waals surface area contributed by atoms with Crippen LogP contribution in [-0.4, -0.2) is 5.54 Å². The highest BCUT2D eigenvalue weighted by molar-refractivity contribution is 5.82. The third-order valence-corrected chi connectivity index (χ3v) is 4.51. The van der Waals surface area contributed by atoms with Crippen molar-refractivity contribution in [2.75, 3.05) is 0 Å². The fourth-order valence-electron chi connectivity index (χ4n) is 2.76. The minimum absolute atomic E-state index is 0.297. The number of benzene rings is 2. The van der Waals surface area contributed by atoms with Gasteiger partial charge < -0.3 is 5.32 Å². The van der Waals surface area contributed by atoms with Gasteiger partial charge in [-0.2, -0.15) is 0 Å². The summed E-state index contributed by atoms with van der Waals surface area (Å²) in [6, 6.07) is 15.3. The van der Waals surface area contributed by atoms with Gasteiger partial charge in [-0.1, -0.05) is 57.2 Å². The molecule has 0 fully saturated rings. The maximum atomic E-state index is 3.76. The second-order valence-corrected chi connectivity index (χ2v) is 5.38. The Morgan fingerprint density at radius 2 is 1.47 bits per heavy atom. The smallest absolute Gasteiger partial charge is 0.0210 e. The van der Waals surface area contributed by atoms with E-state index in [1.165, 1.54) is 35.6 Å². The molecular weight excluding hydrogens is 230 g/mol. The molecule has 2 rings (SSSR count). The zero-order valence-electron chi connectivity index (χ0n) is 12.4. The summed E-state index contributed by atoms with van der Waals surface area (Å²) in [5.41, 5.74) is 1.67. The minimum atomic E-state index is 0.297. The molecule has 0 saturated heterocycles. The van der Waals surface area contributed by atoms with Crippen molar-refractivity contribution >= 4 is 10.8 Å². The monoisotopic (exact) mass is 255 g/mol. The molecule has 0 aromatic heterocycles. The Kier molecular flexibility index (Phi) is 4.60. The van der Waals surface area contributed by atoms with Gasteiger partial charge in [-0.3, -0.25) is 0 Å². The van der Waals surface area contributed by atoms with Crippen molar-refractivity contribution in [1.82, 2.24) is 5.32 Å². The van der Waals surface area contributed by atoms with Crippen molar-refractivity contribution in [3.8, 4) is 0 Å². The van der Waals surface area contributed by atoms with Gasteiger partial charge >= 0.3 is 0 Å². The number of nitrogens with one attached hydrogen (secondary N) is 1. The normalized spacial score (nSPS) is 11.9. The first-order valence-corrected chi connectivity index (χ1v) is 7.45. The minimum Gasteiger partial charge on any atom is -0.307 e. The zero-order chi connectivity index (χ0) is 13.7. The zero-order valence-corrected chi connectivity index (χ0v) is 12.4. The molecule has 2 aromatic carbocycles. The first-order valence-electron chi connectivity index (χ1n) is 7.45. The summed E-state index contributed by atoms with van der Waals surface area (Å²) < 4.78 is 0. The quantitative estimate of drug-likeness (QED) is 0.774. The van der Waals surface area contributed by atoms with E-state index in [9.17, 15) is 0 Å². The molecule has 0 heterocycles. The number of fused-ring (bicyclic) bond motifs is 1. The Hall–Kier alpha value is -1.34. The molecule has 0 aliphatic heterocycles. The molecule has 1 N–H and O–H groups in total. The Labute approximate surface area is 117 Å². The van der Waals surface area contributed by atoms with Crippen molar-refractivity contribution in [1.29, 1.82) is 0 Å². The molecule has 0 aliphatic carbocycles. The average Bonchev–Trinajstić information content (AvgIpc) is 2.49. The van der Waals surface area contributed by atoms with Gasteiger partial charge in [0, 0.05) is 12.1 Å². The number of rotatable bonds is 6. The summed E-state index contributed by atoms with van der Waals surface area (Å²) in [4.78, 5) is 0. The third-order valence-electron chi connectivity index (χ3n) is 4.51. The maximum Gasteiger partial charge on any atom is 0.0210 e. The third kappa shape index (κ3) is 3.16. The van der Waals surface area contributed by atoms with E-state index in [1.807, 2.05) is 0 Å². The van der Waals surface area contributed by atoms with Crippen LogP contribution in [0, 0.1) is 0 Å². The molecular formula is C18H25N. The lowest BCUT2D eigenvalue weighted by molar-refractivity contribution is 0.288. The molecule has 102 valence electrons. The van der Waals surface area contributed by atoms with Crippen LogP contribution in [0.3, 0.4) is 0 Å². The van der Waals surface area contributed by atoms with E-state index in [4.69, 9.17) is 0 Å². The van der Waals surface area contributed by atoms with E-state index >= 15 is 0 Å². The molecule has 0 saturated carbocycles. The summed E-state index contributed by atoms with van der Waals surface area (Å²) in [5.74, 6) is 0. The first-order chi connectivity index (χ1) is 9.23. The molecule has 0 amide bonds. The molecule has 19 heavy (non-hydrogen) atoms. The Morgan fingerprint density at radius 3 is 2.11 bits per heavy atom. The fourth-order valence-corrected chi connectivity index (χ4v) is 2.76. The van der Waals surface area contributed by atoms with E-state index in [2.05, 4.69) is 68.6 Å². The molecule has 0 unspecified atom stereocenters. The molecule has 1 nitrogen and oxygen atoms in total. The van der Waals surface area contributed by atoms with E-state index in [0.717, 1.165) is 6.54 Å². The summed E-state index contributed by atoms with van der Waals surface area (Å²) in [6.45, 7) is 7.79. The summed E-state index contributed by atoms with van der Waals surface area (Å²) in [7, 11) is 0. The highest BCUT2D eigenvalue weighted by Crippen LogP contribution is 2.21. The van der Waals surface area contributed by atoms with Crippen LogP contribution in [0.25, 0.3) is 10.8 Å². The van der Waals surface area contributed by atoms with Gasteiger partial charge in [-0.25, -0.2) is 0 Å². The lowest BCUT2D eigenvalue weighted by Gasteiger charge is -2.32. The molecule has 1 heteroatoms. The number of hydrogen-bond donors (Lipinski definition) is 1. The van der Waals surface area contributed by atoms with E-state index in [1.54, 1.807) is 0 Å². The van der Waals surface area contributed by atoms with Crippen LogP contribution in [0.5, 0.6) is 0 Å². The second kappa shape index (κ2) is 6.21. The highest BCUT2D eigenvalue weighted by atomic mass is 15.0.